The molecule has 0 bridgehead atoms. The minimum atomic E-state index is -0.163. The lowest BCUT2D eigenvalue weighted by Crippen LogP contribution is -2.22. The van der Waals surface area contributed by atoms with Gasteiger partial charge in [-0.1, -0.05) is 116 Å². The Labute approximate surface area is 232 Å². The Hall–Kier alpha value is -5.35. The van der Waals surface area contributed by atoms with Gasteiger partial charge in [0.2, 0.25) is 5.95 Å². The molecule has 0 radical (unpaired) electrons. The molecular formula is C36H27N3O. The fraction of sp³-hybridized carbons (Fsp3) is 0.0278. The van der Waals surface area contributed by atoms with E-state index in [4.69, 9.17) is 9.97 Å². The number of allylic oxidation sites excluding steroid dienone is 5. The molecule has 2 heterocycles. The summed E-state index contributed by atoms with van der Waals surface area (Å²) in [5.74, 6) is 0.317. The van der Waals surface area contributed by atoms with Crippen LogP contribution in [0, 0.1) is 0 Å². The van der Waals surface area contributed by atoms with E-state index in [0.717, 1.165) is 44.2 Å². The van der Waals surface area contributed by atoms with Crippen LogP contribution in [0.2, 0.25) is 0 Å². The molecule has 40 heavy (non-hydrogen) atoms. The van der Waals surface area contributed by atoms with Gasteiger partial charge in [0, 0.05) is 16.3 Å². The Balaban J connectivity index is 1.69. The largest absolute Gasteiger partial charge is 0.268 e. The van der Waals surface area contributed by atoms with Crippen molar-refractivity contribution >= 4 is 27.2 Å². The van der Waals surface area contributed by atoms with Crippen LogP contribution in [0.4, 0.5) is 0 Å². The third-order valence-corrected chi connectivity index (χ3v) is 6.96. The third kappa shape index (κ3) is 4.56. The SMILES string of the molecule is C=C/C(=C\C=C/C)c1cc(-c2ccccc2)nc(-n2c(=O)c3ccccc3c3cc(-c4ccccc4)ccc32)n1. The van der Waals surface area contributed by atoms with Crippen LogP contribution in [0.25, 0.3) is 55.6 Å². The summed E-state index contributed by atoms with van der Waals surface area (Å²) < 4.78 is 1.64. The van der Waals surface area contributed by atoms with Crippen molar-refractivity contribution in [1.82, 2.24) is 14.5 Å². The second kappa shape index (κ2) is 10.8. The van der Waals surface area contributed by atoms with Crippen molar-refractivity contribution in [2.75, 3.05) is 0 Å². The number of benzene rings is 4. The summed E-state index contributed by atoms with van der Waals surface area (Å²) >= 11 is 0. The zero-order chi connectivity index (χ0) is 27.5. The molecule has 0 unspecified atom stereocenters. The zero-order valence-electron chi connectivity index (χ0n) is 22.2. The number of aromatic nitrogens is 3. The fourth-order valence-electron chi connectivity index (χ4n) is 4.99. The molecule has 4 heteroatoms. The van der Waals surface area contributed by atoms with Crippen LogP contribution in [0.1, 0.15) is 12.6 Å². The summed E-state index contributed by atoms with van der Waals surface area (Å²) in [6.45, 7) is 5.97. The van der Waals surface area contributed by atoms with Crippen LogP contribution >= 0.6 is 0 Å². The van der Waals surface area contributed by atoms with Crippen molar-refractivity contribution < 1.29 is 0 Å². The Kier molecular flexibility index (Phi) is 6.73. The molecule has 4 aromatic carbocycles. The van der Waals surface area contributed by atoms with Crippen LogP contribution in [-0.4, -0.2) is 14.5 Å². The van der Waals surface area contributed by atoms with E-state index in [-0.39, 0.29) is 5.56 Å². The van der Waals surface area contributed by atoms with E-state index in [2.05, 4.69) is 24.8 Å². The molecule has 6 aromatic rings. The maximum atomic E-state index is 14.1. The second-order valence-electron chi connectivity index (χ2n) is 9.44. The Bertz CT molecular complexity index is 1980. The topological polar surface area (TPSA) is 47.8 Å². The molecule has 0 N–H and O–H groups in total. The normalized spacial score (nSPS) is 11.9. The number of pyridine rings is 1. The second-order valence-corrected chi connectivity index (χ2v) is 9.44. The number of nitrogens with zero attached hydrogens (tertiary/aromatic N) is 3. The molecule has 0 atom stereocenters. The Morgan fingerprint density at radius 2 is 1.40 bits per heavy atom. The number of rotatable bonds is 6. The van der Waals surface area contributed by atoms with E-state index >= 15 is 0 Å². The Morgan fingerprint density at radius 3 is 2.10 bits per heavy atom. The smallest absolute Gasteiger partial charge is 0.265 e. The van der Waals surface area contributed by atoms with Gasteiger partial charge in [0.05, 0.1) is 16.9 Å². The summed E-state index contributed by atoms with van der Waals surface area (Å²) in [5.41, 5.74) is 5.96. The molecule has 0 saturated carbocycles. The van der Waals surface area contributed by atoms with Gasteiger partial charge in [-0.05, 0) is 53.3 Å². The lowest BCUT2D eigenvalue weighted by Gasteiger charge is -2.15. The predicted octanol–water partition coefficient (Wildman–Crippen LogP) is 8.41. The van der Waals surface area contributed by atoms with Gasteiger partial charge in [0.25, 0.3) is 5.56 Å². The molecule has 0 aliphatic heterocycles. The average molecular weight is 518 g/mol. The van der Waals surface area contributed by atoms with Crippen molar-refractivity contribution in [3.05, 3.63) is 156 Å². The van der Waals surface area contributed by atoms with Gasteiger partial charge in [0.1, 0.15) is 0 Å². The summed E-state index contributed by atoms with van der Waals surface area (Å²) in [4.78, 5) is 24.0. The summed E-state index contributed by atoms with van der Waals surface area (Å²) in [5, 5.41) is 2.47. The average Bonchev–Trinajstić information content (AvgIpc) is 3.02. The predicted molar refractivity (Wildman–Crippen MR) is 167 cm³/mol. The fourth-order valence-corrected chi connectivity index (χ4v) is 4.99. The van der Waals surface area contributed by atoms with Gasteiger partial charge in [0.15, 0.2) is 0 Å². The van der Waals surface area contributed by atoms with E-state index in [1.807, 2.05) is 116 Å². The van der Waals surface area contributed by atoms with Crippen molar-refractivity contribution in [1.29, 1.82) is 0 Å². The molecule has 4 nitrogen and oxygen atoms in total. The van der Waals surface area contributed by atoms with E-state index in [1.54, 1.807) is 10.6 Å². The first-order valence-corrected chi connectivity index (χ1v) is 13.2. The maximum absolute atomic E-state index is 14.1. The lowest BCUT2D eigenvalue weighted by molar-refractivity contribution is 0.926. The summed E-state index contributed by atoms with van der Waals surface area (Å²) in [6, 6.07) is 36.0. The maximum Gasteiger partial charge on any atom is 0.265 e. The van der Waals surface area contributed by atoms with Gasteiger partial charge in [-0.15, -0.1) is 0 Å². The van der Waals surface area contributed by atoms with Gasteiger partial charge in [-0.25, -0.2) is 14.5 Å². The van der Waals surface area contributed by atoms with Crippen LogP contribution in [-0.2, 0) is 0 Å². The molecular weight excluding hydrogens is 490 g/mol. The number of hydrogen-bond acceptors (Lipinski definition) is 3. The van der Waals surface area contributed by atoms with E-state index in [0.29, 0.717) is 17.0 Å². The Morgan fingerprint density at radius 1 is 0.725 bits per heavy atom. The minimum Gasteiger partial charge on any atom is -0.268 e. The van der Waals surface area contributed by atoms with Crippen molar-refractivity contribution in [3.63, 3.8) is 0 Å². The monoisotopic (exact) mass is 517 g/mol. The van der Waals surface area contributed by atoms with Crippen LogP contribution in [0.5, 0.6) is 0 Å². The van der Waals surface area contributed by atoms with Crippen LogP contribution < -0.4 is 5.56 Å². The van der Waals surface area contributed by atoms with E-state index < -0.39 is 0 Å². The van der Waals surface area contributed by atoms with Gasteiger partial charge >= 0.3 is 0 Å². The first kappa shape index (κ1) is 25.0. The highest BCUT2D eigenvalue weighted by Crippen LogP contribution is 2.30. The molecule has 0 fully saturated rings. The first-order valence-electron chi connectivity index (χ1n) is 13.2. The number of hydrogen-bond donors (Lipinski definition) is 0. The minimum absolute atomic E-state index is 0.163. The molecule has 192 valence electrons. The molecule has 0 spiro atoms. The van der Waals surface area contributed by atoms with Crippen molar-refractivity contribution in [2.24, 2.45) is 0 Å². The quantitative estimate of drug-likeness (QED) is 0.165. The van der Waals surface area contributed by atoms with Crippen molar-refractivity contribution in [3.8, 4) is 28.3 Å². The van der Waals surface area contributed by atoms with Crippen LogP contribution in [0.15, 0.2) is 145 Å². The summed E-state index contributed by atoms with van der Waals surface area (Å²) in [6.07, 6.45) is 7.63. The van der Waals surface area contributed by atoms with Gasteiger partial charge in [-0.2, -0.15) is 0 Å². The highest BCUT2D eigenvalue weighted by molar-refractivity contribution is 6.07. The highest BCUT2D eigenvalue weighted by atomic mass is 16.1. The molecule has 0 aliphatic rings. The number of fused-ring (bicyclic) bond motifs is 3. The molecule has 0 aliphatic carbocycles. The molecule has 2 aromatic heterocycles. The standard InChI is InChI=1S/C36H27N3O/c1-3-5-14-25(4-2)32-24-33(27-17-10-7-11-18-27)38-36(37-32)39-34-22-21-28(26-15-8-6-9-16-26)23-31(34)29-19-12-13-20-30(29)35(39)40/h3-24H,2H2,1H3/b5-3-,25-14+. The third-order valence-electron chi connectivity index (χ3n) is 6.96. The lowest BCUT2D eigenvalue weighted by atomic mass is 10.00. The van der Waals surface area contributed by atoms with Gasteiger partial charge < -0.3 is 0 Å². The first-order chi connectivity index (χ1) is 19.7. The van der Waals surface area contributed by atoms with Crippen molar-refractivity contribution in [2.45, 2.75) is 6.92 Å². The van der Waals surface area contributed by atoms with Crippen LogP contribution in [0.3, 0.4) is 0 Å². The van der Waals surface area contributed by atoms with E-state index in [9.17, 15) is 4.79 Å². The molecule has 0 amide bonds. The highest BCUT2D eigenvalue weighted by Gasteiger charge is 2.17. The molecule has 6 rings (SSSR count). The summed E-state index contributed by atoms with van der Waals surface area (Å²) in [7, 11) is 0. The zero-order valence-corrected chi connectivity index (χ0v) is 22.2. The molecule has 0 saturated heterocycles. The van der Waals surface area contributed by atoms with Gasteiger partial charge in [-0.3, -0.25) is 4.79 Å². The van der Waals surface area contributed by atoms with E-state index in [1.165, 1.54) is 0 Å².